The fourth-order valence-corrected chi connectivity index (χ4v) is 3.10. The van der Waals surface area contributed by atoms with Gasteiger partial charge in [0.25, 0.3) is 0 Å². The number of halogens is 1. The first-order valence-corrected chi connectivity index (χ1v) is 7.62. The molecule has 8 heteroatoms. The van der Waals surface area contributed by atoms with E-state index in [1.54, 1.807) is 0 Å². The number of amides is 1. The van der Waals surface area contributed by atoms with E-state index in [0.717, 1.165) is 25.9 Å². The van der Waals surface area contributed by atoms with Crippen molar-refractivity contribution < 1.29 is 9.53 Å². The minimum atomic E-state index is 0.141. The van der Waals surface area contributed by atoms with Crippen LogP contribution in [0.5, 0.6) is 6.01 Å². The molecule has 0 aromatic carbocycles. The molecule has 3 rings (SSSR count). The molecule has 7 nitrogen and oxygen atoms in total. The van der Waals surface area contributed by atoms with E-state index in [2.05, 4.69) is 25.2 Å². The molecule has 0 aliphatic carbocycles. The van der Waals surface area contributed by atoms with Gasteiger partial charge in [0.2, 0.25) is 17.1 Å². The summed E-state index contributed by atoms with van der Waals surface area (Å²) in [7, 11) is 0. The summed E-state index contributed by atoms with van der Waals surface area (Å²) in [5.41, 5.74) is 0. The van der Waals surface area contributed by atoms with Crippen LogP contribution in [0.15, 0.2) is 0 Å². The highest BCUT2D eigenvalue weighted by Crippen LogP contribution is 2.28. The number of aromatic nitrogens is 3. The Bertz CT molecular complexity index is 541. The molecule has 2 atom stereocenters. The summed E-state index contributed by atoms with van der Waals surface area (Å²) in [5.74, 6) is 1.14. The smallest absolute Gasteiger partial charge is 0.322 e. The fourth-order valence-electron chi connectivity index (χ4n) is 2.95. The van der Waals surface area contributed by atoms with E-state index < -0.39 is 0 Å². The first-order chi connectivity index (χ1) is 10.2. The molecule has 0 radical (unpaired) electrons. The Balaban J connectivity index is 1.74. The van der Waals surface area contributed by atoms with Gasteiger partial charge in [-0.2, -0.15) is 15.0 Å². The summed E-state index contributed by atoms with van der Waals surface area (Å²) >= 11 is 5.94. The van der Waals surface area contributed by atoms with Crippen molar-refractivity contribution in [3.05, 3.63) is 5.28 Å². The van der Waals surface area contributed by atoms with E-state index in [1.807, 2.05) is 6.92 Å². The lowest BCUT2D eigenvalue weighted by atomic mass is 9.85. The molecule has 1 aromatic rings. The van der Waals surface area contributed by atoms with Gasteiger partial charge in [0.05, 0.1) is 6.61 Å². The molecule has 2 fully saturated rings. The Kier molecular flexibility index (Phi) is 4.10. The normalized spacial score (nSPS) is 25.2. The van der Waals surface area contributed by atoms with Gasteiger partial charge in [-0.05, 0) is 37.3 Å². The third-order valence-electron chi connectivity index (χ3n) is 3.95. The van der Waals surface area contributed by atoms with Gasteiger partial charge in [-0.3, -0.25) is 4.79 Å². The maximum atomic E-state index is 11.4. The number of fused-ring (bicyclic) bond motifs is 1. The van der Waals surface area contributed by atoms with E-state index in [9.17, 15) is 4.79 Å². The third kappa shape index (κ3) is 3.18. The number of piperidine rings is 2. The topological polar surface area (TPSA) is 80.2 Å². The second-order valence-electron chi connectivity index (χ2n) is 5.33. The summed E-state index contributed by atoms with van der Waals surface area (Å²) in [5, 5.41) is 3.21. The zero-order valence-corrected chi connectivity index (χ0v) is 12.6. The van der Waals surface area contributed by atoms with Crippen LogP contribution in [0.2, 0.25) is 5.28 Å². The highest BCUT2D eigenvalue weighted by Gasteiger charge is 2.34. The summed E-state index contributed by atoms with van der Waals surface area (Å²) < 4.78 is 5.31. The molecule has 1 amide bonds. The fraction of sp³-hybridized carbons (Fsp3) is 0.692. The van der Waals surface area contributed by atoms with Crippen molar-refractivity contribution in [1.82, 2.24) is 20.3 Å². The average molecular weight is 312 g/mol. The van der Waals surface area contributed by atoms with Crippen LogP contribution in [-0.2, 0) is 4.79 Å². The molecule has 1 aromatic heterocycles. The second-order valence-corrected chi connectivity index (χ2v) is 5.67. The van der Waals surface area contributed by atoms with Gasteiger partial charge in [-0.15, -0.1) is 0 Å². The summed E-state index contributed by atoms with van der Waals surface area (Å²) in [6.45, 7) is 3.95. The Morgan fingerprint density at radius 1 is 1.38 bits per heavy atom. The zero-order valence-electron chi connectivity index (χ0n) is 11.9. The number of hydrogen-bond donors (Lipinski definition) is 1. The van der Waals surface area contributed by atoms with E-state index in [-0.39, 0.29) is 23.2 Å². The van der Waals surface area contributed by atoms with E-state index >= 15 is 0 Å². The maximum Gasteiger partial charge on any atom is 0.322 e. The summed E-state index contributed by atoms with van der Waals surface area (Å²) in [4.78, 5) is 26.0. The van der Waals surface area contributed by atoms with Crippen LogP contribution in [-0.4, -0.2) is 46.6 Å². The molecule has 3 heterocycles. The van der Waals surface area contributed by atoms with E-state index in [0.29, 0.717) is 24.9 Å². The molecule has 1 N–H and O–H groups in total. The second kappa shape index (κ2) is 6.01. The van der Waals surface area contributed by atoms with Crippen molar-refractivity contribution in [3.63, 3.8) is 0 Å². The molecule has 114 valence electrons. The number of nitrogens with zero attached hydrogens (tertiary/aromatic N) is 4. The number of hydrogen-bond acceptors (Lipinski definition) is 6. The molecule has 2 unspecified atom stereocenters. The predicted molar refractivity (Wildman–Crippen MR) is 77.5 cm³/mol. The average Bonchev–Trinajstić information content (AvgIpc) is 2.46. The van der Waals surface area contributed by atoms with Gasteiger partial charge in [0.15, 0.2) is 0 Å². The quantitative estimate of drug-likeness (QED) is 0.898. The van der Waals surface area contributed by atoms with Gasteiger partial charge < -0.3 is 15.0 Å². The van der Waals surface area contributed by atoms with E-state index in [1.165, 1.54) is 0 Å². The molecule has 2 saturated heterocycles. The Morgan fingerprint density at radius 2 is 2.24 bits per heavy atom. The minimum absolute atomic E-state index is 0.141. The van der Waals surface area contributed by atoms with Crippen LogP contribution in [0.4, 0.5) is 5.95 Å². The first-order valence-electron chi connectivity index (χ1n) is 7.24. The van der Waals surface area contributed by atoms with E-state index in [4.69, 9.17) is 16.3 Å². The molecule has 2 aliphatic rings. The van der Waals surface area contributed by atoms with Crippen LogP contribution >= 0.6 is 11.6 Å². The van der Waals surface area contributed by atoms with Crippen molar-refractivity contribution in [2.75, 3.05) is 24.6 Å². The predicted octanol–water partition coefficient (Wildman–Crippen LogP) is 1.03. The molecule has 21 heavy (non-hydrogen) atoms. The van der Waals surface area contributed by atoms with Gasteiger partial charge in [0.1, 0.15) is 0 Å². The lowest BCUT2D eigenvalue weighted by Gasteiger charge is -2.41. The standard InChI is InChI=1S/C13H18ClN5O2/c1-2-21-13-17-11(14)16-12(18-13)19-6-5-9-8(7-19)3-4-10(20)15-9/h8-9H,2-7H2,1H3,(H,15,20). The van der Waals surface area contributed by atoms with Gasteiger partial charge in [-0.25, -0.2) is 0 Å². The van der Waals surface area contributed by atoms with Crippen LogP contribution in [0.25, 0.3) is 0 Å². The van der Waals surface area contributed by atoms with Crippen LogP contribution in [0.1, 0.15) is 26.2 Å². The molecule has 0 spiro atoms. The SMILES string of the molecule is CCOc1nc(Cl)nc(N2CCC3NC(=O)CCC3C2)n1. The lowest BCUT2D eigenvalue weighted by Crippen LogP contribution is -2.54. The highest BCUT2D eigenvalue weighted by atomic mass is 35.5. The number of carbonyl (C=O) groups is 1. The number of nitrogens with one attached hydrogen (secondary N) is 1. The van der Waals surface area contributed by atoms with Crippen molar-refractivity contribution in [2.24, 2.45) is 5.92 Å². The van der Waals surface area contributed by atoms with Crippen molar-refractivity contribution in [3.8, 4) is 6.01 Å². The minimum Gasteiger partial charge on any atom is -0.464 e. The Morgan fingerprint density at radius 3 is 3.05 bits per heavy atom. The Labute approximate surface area is 128 Å². The molecule has 0 bridgehead atoms. The molecular formula is C13H18ClN5O2. The van der Waals surface area contributed by atoms with Crippen LogP contribution in [0, 0.1) is 5.92 Å². The van der Waals surface area contributed by atoms with Gasteiger partial charge >= 0.3 is 6.01 Å². The lowest BCUT2D eigenvalue weighted by molar-refractivity contribution is -0.124. The number of rotatable bonds is 3. The van der Waals surface area contributed by atoms with Crippen LogP contribution < -0.4 is 15.0 Å². The van der Waals surface area contributed by atoms with Crippen molar-refractivity contribution in [2.45, 2.75) is 32.2 Å². The largest absolute Gasteiger partial charge is 0.464 e. The highest BCUT2D eigenvalue weighted by molar-refractivity contribution is 6.28. The van der Waals surface area contributed by atoms with Gasteiger partial charge in [-0.1, -0.05) is 0 Å². The third-order valence-corrected chi connectivity index (χ3v) is 4.12. The van der Waals surface area contributed by atoms with Crippen LogP contribution in [0.3, 0.4) is 0 Å². The molecule has 2 aliphatic heterocycles. The molecular weight excluding hydrogens is 294 g/mol. The summed E-state index contributed by atoms with van der Waals surface area (Å²) in [6, 6.07) is 0.526. The summed E-state index contributed by atoms with van der Waals surface area (Å²) in [6.07, 6.45) is 2.39. The number of carbonyl (C=O) groups excluding carboxylic acids is 1. The first kappa shape index (κ1) is 14.3. The monoisotopic (exact) mass is 311 g/mol. The van der Waals surface area contributed by atoms with Crippen molar-refractivity contribution >= 4 is 23.5 Å². The zero-order chi connectivity index (χ0) is 14.8. The van der Waals surface area contributed by atoms with Gasteiger partial charge in [0, 0.05) is 25.6 Å². The van der Waals surface area contributed by atoms with Crippen molar-refractivity contribution in [1.29, 1.82) is 0 Å². The molecule has 0 saturated carbocycles. The Hall–Kier alpha value is -1.63. The number of ether oxygens (including phenoxy) is 1. The maximum absolute atomic E-state index is 11.4. The number of anilines is 1.